The van der Waals surface area contributed by atoms with Crippen molar-refractivity contribution in [1.82, 2.24) is 5.32 Å². The molecule has 0 aromatic heterocycles. The monoisotopic (exact) mass is 449 g/mol. The molecule has 1 aliphatic rings. The van der Waals surface area contributed by atoms with Gasteiger partial charge in [0.15, 0.2) is 11.5 Å². The molecule has 0 amide bonds. The van der Waals surface area contributed by atoms with Crippen LogP contribution >= 0.6 is 34.8 Å². The van der Waals surface area contributed by atoms with Gasteiger partial charge in [0.25, 0.3) is 0 Å². The van der Waals surface area contributed by atoms with Crippen LogP contribution in [0.3, 0.4) is 0 Å². The van der Waals surface area contributed by atoms with Gasteiger partial charge in [-0.25, -0.2) is 0 Å². The Hall–Kier alpha value is -2.11. The molecule has 0 radical (unpaired) electrons. The first-order valence-corrected chi connectivity index (χ1v) is 10.2. The van der Waals surface area contributed by atoms with Crippen molar-refractivity contribution in [2.45, 2.75) is 19.7 Å². The summed E-state index contributed by atoms with van der Waals surface area (Å²) in [5, 5.41) is 5.21. The molecule has 0 fully saturated rings. The zero-order chi connectivity index (χ0) is 20.2. The second-order valence-electron chi connectivity index (χ2n) is 6.53. The molecule has 1 heterocycles. The molecule has 0 unspecified atom stereocenters. The van der Waals surface area contributed by atoms with Gasteiger partial charge in [0.05, 0.1) is 0 Å². The standard InChI is InChI=1S/C22H18Cl3NO3/c23-16-5-7-20(27-12-17-18(24)2-1-3-19(17)25)15(9-16)11-26-10-14-4-6-21-22(8-14)29-13-28-21/h1-9,26H,10-13H2. The number of fused-ring (bicyclic) bond motifs is 1. The average Bonchev–Trinajstić information content (AvgIpc) is 3.17. The molecule has 0 saturated heterocycles. The third-order valence-corrected chi connectivity index (χ3v) is 5.48. The minimum absolute atomic E-state index is 0.269. The first-order valence-electron chi connectivity index (χ1n) is 9.03. The summed E-state index contributed by atoms with van der Waals surface area (Å²) in [5.41, 5.74) is 2.80. The molecule has 1 aliphatic heterocycles. The van der Waals surface area contributed by atoms with Gasteiger partial charge >= 0.3 is 0 Å². The Kier molecular flexibility index (Phi) is 6.36. The van der Waals surface area contributed by atoms with E-state index in [1.807, 2.05) is 36.4 Å². The van der Waals surface area contributed by atoms with Gasteiger partial charge in [0.1, 0.15) is 12.4 Å². The van der Waals surface area contributed by atoms with E-state index < -0.39 is 0 Å². The van der Waals surface area contributed by atoms with Crippen LogP contribution in [0.25, 0.3) is 0 Å². The topological polar surface area (TPSA) is 39.7 Å². The average molecular weight is 451 g/mol. The number of nitrogens with one attached hydrogen (secondary N) is 1. The summed E-state index contributed by atoms with van der Waals surface area (Å²) in [6.07, 6.45) is 0. The van der Waals surface area contributed by atoms with E-state index in [0.29, 0.717) is 28.2 Å². The van der Waals surface area contributed by atoms with Gasteiger partial charge in [-0.15, -0.1) is 0 Å². The van der Waals surface area contributed by atoms with Crippen molar-refractivity contribution in [1.29, 1.82) is 0 Å². The lowest BCUT2D eigenvalue weighted by molar-refractivity contribution is 0.174. The summed E-state index contributed by atoms with van der Waals surface area (Å²) < 4.78 is 16.8. The van der Waals surface area contributed by atoms with E-state index >= 15 is 0 Å². The van der Waals surface area contributed by atoms with Gasteiger partial charge < -0.3 is 19.5 Å². The smallest absolute Gasteiger partial charge is 0.231 e. The van der Waals surface area contributed by atoms with Gasteiger partial charge in [0.2, 0.25) is 6.79 Å². The SMILES string of the molecule is Clc1ccc(OCc2c(Cl)cccc2Cl)c(CNCc2ccc3c(c2)OCO3)c1. The fourth-order valence-corrected chi connectivity index (χ4v) is 3.74. The maximum Gasteiger partial charge on any atom is 0.231 e. The zero-order valence-corrected chi connectivity index (χ0v) is 17.7. The molecule has 3 aromatic carbocycles. The first kappa shape index (κ1) is 20.2. The molecule has 0 saturated carbocycles. The fraction of sp³-hybridized carbons (Fsp3) is 0.182. The van der Waals surface area contributed by atoms with Gasteiger partial charge in [0, 0.05) is 39.3 Å². The lowest BCUT2D eigenvalue weighted by Crippen LogP contribution is -2.13. The largest absolute Gasteiger partial charge is 0.488 e. The van der Waals surface area contributed by atoms with Crippen molar-refractivity contribution >= 4 is 34.8 Å². The number of rotatable bonds is 7. The predicted molar refractivity (Wildman–Crippen MR) is 115 cm³/mol. The summed E-state index contributed by atoms with van der Waals surface area (Å²) >= 11 is 18.7. The van der Waals surface area contributed by atoms with Crippen molar-refractivity contribution in [3.63, 3.8) is 0 Å². The minimum atomic E-state index is 0.269. The molecule has 0 atom stereocenters. The van der Waals surface area contributed by atoms with Crippen molar-refractivity contribution in [3.8, 4) is 17.2 Å². The highest BCUT2D eigenvalue weighted by Gasteiger charge is 2.13. The summed E-state index contributed by atoms with van der Waals surface area (Å²) in [6, 6.07) is 16.8. The molecule has 4 rings (SSSR count). The third-order valence-electron chi connectivity index (χ3n) is 4.54. The van der Waals surface area contributed by atoms with Gasteiger partial charge in [-0.05, 0) is 48.0 Å². The maximum atomic E-state index is 6.24. The minimum Gasteiger partial charge on any atom is -0.488 e. The number of benzene rings is 3. The molecule has 3 aromatic rings. The summed E-state index contributed by atoms with van der Waals surface area (Å²) in [5.74, 6) is 2.27. The van der Waals surface area contributed by atoms with Crippen LogP contribution in [0.15, 0.2) is 54.6 Å². The summed E-state index contributed by atoms with van der Waals surface area (Å²) in [6.45, 7) is 1.79. The number of ether oxygens (including phenoxy) is 3. The van der Waals surface area contributed by atoms with Crippen LogP contribution in [0.4, 0.5) is 0 Å². The Bertz CT molecular complexity index is 1010. The van der Waals surface area contributed by atoms with E-state index in [-0.39, 0.29) is 13.4 Å². The van der Waals surface area contributed by atoms with Gasteiger partial charge in [-0.3, -0.25) is 0 Å². The molecular formula is C22H18Cl3NO3. The molecule has 29 heavy (non-hydrogen) atoms. The maximum absolute atomic E-state index is 6.24. The molecular weight excluding hydrogens is 433 g/mol. The highest BCUT2D eigenvalue weighted by atomic mass is 35.5. The second-order valence-corrected chi connectivity index (χ2v) is 7.78. The second kappa shape index (κ2) is 9.14. The van der Waals surface area contributed by atoms with Crippen LogP contribution in [0.1, 0.15) is 16.7 Å². The van der Waals surface area contributed by atoms with Crippen molar-refractivity contribution in [2.75, 3.05) is 6.79 Å². The highest BCUT2D eigenvalue weighted by molar-refractivity contribution is 6.36. The quantitative estimate of drug-likeness (QED) is 0.462. The normalized spacial score (nSPS) is 12.2. The third kappa shape index (κ3) is 4.90. The van der Waals surface area contributed by atoms with E-state index in [1.165, 1.54) is 0 Å². The van der Waals surface area contributed by atoms with Crippen LogP contribution in [0, 0.1) is 0 Å². The van der Waals surface area contributed by atoms with Gasteiger partial charge in [-0.2, -0.15) is 0 Å². The lowest BCUT2D eigenvalue weighted by atomic mass is 10.1. The summed E-state index contributed by atoms with van der Waals surface area (Å²) in [4.78, 5) is 0. The van der Waals surface area contributed by atoms with Crippen LogP contribution in [-0.2, 0) is 19.7 Å². The van der Waals surface area contributed by atoms with E-state index in [9.17, 15) is 0 Å². The van der Waals surface area contributed by atoms with Crippen molar-refractivity contribution in [3.05, 3.63) is 86.4 Å². The lowest BCUT2D eigenvalue weighted by Gasteiger charge is -2.14. The van der Waals surface area contributed by atoms with Crippen molar-refractivity contribution < 1.29 is 14.2 Å². The Morgan fingerprint density at radius 1 is 0.862 bits per heavy atom. The van der Waals surface area contributed by atoms with Crippen LogP contribution < -0.4 is 19.5 Å². The van der Waals surface area contributed by atoms with E-state index in [1.54, 1.807) is 18.2 Å². The molecule has 150 valence electrons. The molecule has 0 bridgehead atoms. The Morgan fingerprint density at radius 2 is 1.66 bits per heavy atom. The molecule has 0 aliphatic carbocycles. The number of hydrogen-bond donors (Lipinski definition) is 1. The fourth-order valence-electron chi connectivity index (χ4n) is 3.04. The Balaban J connectivity index is 1.41. The molecule has 1 N–H and O–H groups in total. The number of hydrogen-bond acceptors (Lipinski definition) is 4. The van der Waals surface area contributed by atoms with E-state index in [2.05, 4.69) is 5.32 Å². The molecule has 0 spiro atoms. The highest BCUT2D eigenvalue weighted by Crippen LogP contribution is 2.32. The van der Waals surface area contributed by atoms with Crippen LogP contribution in [-0.4, -0.2) is 6.79 Å². The van der Waals surface area contributed by atoms with Crippen molar-refractivity contribution in [2.24, 2.45) is 0 Å². The Morgan fingerprint density at radius 3 is 2.48 bits per heavy atom. The van der Waals surface area contributed by atoms with E-state index in [4.69, 9.17) is 49.0 Å². The first-order chi connectivity index (χ1) is 14.1. The zero-order valence-electron chi connectivity index (χ0n) is 15.4. The number of halogens is 3. The predicted octanol–water partition coefficient (Wildman–Crippen LogP) is 6.24. The van der Waals surface area contributed by atoms with E-state index in [0.717, 1.165) is 33.9 Å². The summed E-state index contributed by atoms with van der Waals surface area (Å²) in [7, 11) is 0. The molecule has 7 heteroatoms. The van der Waals surface area contributed by atoms with Gasteiger partial charge in [-0.1, -0.05) is 46.9 Å². The Labute approximate surface area is 184 Å². The molecule has 4 nitrogen and oxygen atoms in total. The van der Waals surface area contributed by atoms with Crippen LogP contribution in [0.2, 0.25) is 15.1 Å². The van der Waals surface area contributed by atoms with Crippen LogP contribution in [0.5, 0.6) is 17.2 Å².